The lowest BCUT2D eigenvalue weighted by molar-refractivity contribution is -0.134. The first-order valence-electron chi connectivity index (χ1n) is 9.04. The number of rotatable bonds is 6. The maximum atomic E-state index is 12.7. The Kier molecular flexibility index (Phi) is 5.17. The molecule has 2 atom stereocenters. The highest BCUT2D eigenvalue weighted by Gasteiger charge is 2.37. The summed E-state index contributed by atoms with van der Waals surface area (Å²) >= 11 is 0. The SMILES string of the molecule is CCCN(C(=O)CCN1CCCC1)C1CC2CCC(C1)N2. The van der Waals surface area contributed by atoms with Gasteiger partial charge < -0.3 is 15.1 Å². The summed E-state index contributed by atoms with van der Waals surface area (Å²) in [6.07, 6.45) is 9.38. The number of fused-ring (bicyclic) bond motifs is 2. The van der Waals surface area contributed by atoms with Crippen LogP contribution >= 0.6 is 0 Å². The van der Waals surface area contributed by atoms with Gasteiger partial charge in [-0.15, -0.1) is 0 Å². The van der Waals surface area contributed by atoms with Crippen LogP contribution in [0.1, 0.15) is 58.3 Å². The fourth-order valence-corrected chi connectivity index (χ4v) is 4.44. The van der Waals surface area contributed by atoms with E-state index in [4.69, 9.17) is 0 Å². The van der Waals surface area contributed by atoms with Gasteiger partial charge in [-0.2, -0.15) is 0 Å². The van der Waals surface area contributed by atoms with E-state index in [0.29, 0.717) is 24.0 Å². The molecule has 0 radical (unpaired) electrons. The Bertz CT molecular complexity index is 342. The molecule has 2 unspecified atom stereocenters. The molecular weight excluding hydrogens is 262 g/mol. The van der Waals surface area contributed by atoms with E-state index in [9.17, 15) is 4.79 Å². The average Bonchev–Trinajstić information content (AvgIpc) is 3.12. The minimum absolute atomic E-state index is 0.398. The lowest BCUT2D eigenvalue weighted by Crippen LogP contribution is -2.50. The van der Waals surface area contributed by atoms with Gasteiger partial charge in [-0.3, -0.25) is 4.79 Å². The summed E-state index contributed by atoms with van der Waals surface area (Å²) in [4.78, 5) is 17.4. The maximum absolute atomic E-state index is 12.7. The smallest absolute Gasteiger partial charge is 0.224 e. The summed E-state index contributed by atoms with van der Waals surface area (Å²) in [5.41, 5.74) is 0. The van der Waals surface area contributed by atoms with Gasteiger partial charge in [0, 0.05) is 37.6 Å². The molecule has 0 aromatic rings. The minimum Gasteiger partial charge on any atom is -0.340 e. The number of hydrogen-bond acceptors (Lipinski definition) is 3. The Morgan fingerprint density at radius 1 is 1.19 bits per heavy atom. The molecule has 1 amide bonds. The van der Waals surface area contributed by atoms with Gasteiger partial charge in [-0.1, -0.05) is 6.92 Å². The van der Waals surface area contributed by atoms with Crippen LogP contribution in [0.15, 0.2) is 0 Å². The van der Waals surface area contributed by atoms with Crippen molar-refractivity contribution in [3.05, 3.63) is 0 Å². The molecular formula is C17H31N3O. The van der Waals surface area contributed by atoms with Crippen LogP contribution in [0, 0.1) is 0 Å². The van der Waals surface area contributed by atoms with Crippen molar-refractivity contribution in [1.29, 1.82) is 0 Å². The van der Waals surface area contributed by atoms with Gasteiger partial charge in [0.1, 0.15) is 0 Å². The summed E-state index contributed by atoms with van der Waals surface area (Å²) in [5, 5.41) is 3.69. The lowest BCUT2D eigenvalue weighted by atomic mass is 9.97. The number of nitrogens with one attached hydrogen (secondary N) is 1. The molecule has 0 aromatic heterocycles. The van der Waals surface area contributed by atoms with Crippen molar-refractivity contribution in [2.75, 3.05) is 26.2 Å². The van der Waals surface area contributed by atoms with E-state index in [1.54, 1.807) is 0 Å². The van der Waals surface area contributed by atoms with E-state index < -0.39 is 0 Å². The molecule has 3 heterocycles. The van der Waals surface area contributed by atoms with Crippen molar-refractivity contribution in [2.45, 2.75) is 76.4 Å². The first-order valence-corrected chi connectivity index (χ1v) is 9.04. The maximum Gasteiger partial charge on any atom is 0.224 e. The Morgan fingerprint density at radius 2 is 1.86 bits per heavy atom. The zero-order valence-corrected chi connectivity index (χ0v) is 13.5. The van der Waals surface area contributed by atoms with Crippen LogP contribution < -0.4 is 5.32 Å². The summed E-state index contributed by atoms with van der Waals surface area (Å²) < 4.78 is 0. The minimum atomic E-state index is 0.398. The second-order valence-corrected chi connectivity index (χ2v) is 7.15. The van der Waals surface area contributed by atoms with Gasteiger partial charge >= 0.3 is 0 Å². The summed E-state index contributed by atoms with van der Waals surface area (Å²) in [6.45, 7) is 6.49. The first-order chi connectivity index (χ1) is 10.3. The molecule has 3 aliphatic rings. The topological polar surface area (TPSA) is 35.6 Å². The zero-order valence-electron chi connectivity index (χ0n) is 13.5. The highest BCUT2D eigenvalue weighted by atomic mass is 16.2. The first kappa shape index (κ1) is 15.3. The third-order valence-electron chi connectivity index (χ3n) is 5.51. The number of piperidine rings is 1. The molecule has 21 heavy (non-hydrogen) atoms. The van der Waals surface area contributed by atoms with Crippen LogP contribution in [0.2, 0.25) is 0 Å². The van der Waals surface area contributed by atoms with Crippen molar-refractivity contribution in [3.63, 3.8) is 0 Å². The van der Waals surface area contributed by atoms with Crippen LogP contribution in [-0.4, -0.2) is 60.0 Å². The molecule has 2 bridgehead atoms. The number of hydrogen-bond donors (Lipinski definition) is 1. The second kappa shape index (κ2) is 7.10. The average molecular weight is 293 g/mol. The van der Waals surface area contributed by atoms with Gasteiger partial charge in [0.2, 0.25) is 5.91 Å². The van der Waals surface area contributed by atoms with E-state index in [0.717, 1.165) is 25.9 Å². The number of carbonyl (C=O) groups excluding carboxylic acids is 1. The van der Waals surface area contributed by atoms with Crippen molar-refractivity contribution in [2.24, 2.45) is 0 Å². The number of nitrogens with zero attached hydrogens (tertiary/aromatic N) is 2. The van der Waals surface area contributed by atoms with E-state index in [-0.39, 0.29) is 0 Å². The van der Waals surface area contributed by atoms with E-state index in [1.165, 1.54) is 51.6 Å². The quantitative estimate of drug-likeness (QED) is 0.813. The molecule has 3 aliphatic heterocycles. The fraction of sp³-hybridized carbons (Fsp3) is 0.941. The molecule has 4 heteroatoms. The van der Waals surface area contributed by atoms with Crippen molar-refractivity contribution >= 4 is 5.91 Å². The molecule has 0 spiro atoms. The Labute approximate surface area is 129 Å². The highest BCUT2D eigenvalue weighted by molar-refractivity contribution is 5.76. The third kappa shape index (κ3) is 3.78. The predicted molar refractivity (Wildman–Crippen MR) is 85.3 cm³/mol. The van der Waals surface area contributed by atoms with E-state index in [1.807, 2.05) is 0 Å². The van der Waals surface area contributed by atoms with Crippen LogP contribution in [0.5, 0.6) is 0 Å². The zero-order chi connectivity index (χ0) is 14.7. The number of likely N-dealkylation sites (tertiary alicyclic amines) is 1. The summed E-state index contributed by atoms with van der Waals surface area (Å²) in [7, 11) is 0. The molecule has 0 aromatic carbocycles. The van der Waals surface area contributed by atoms with Crippen LogP contribution in [0.3, 0.4) is 0 Å². The van der Waals surface area contributed by atoms with Gasteiger partial charge in [0.05, 0.1) is 0 Å². The normalized spacial score (nSPS) is 32.5. The van der Waals surface area contributed by atoms with Crippen molar-refractivity contribution in [1.82, 2.24) is 15.1 Å². The van der Waals surface area contributed by atoms with E-state index in [2.05, 4.69) is 22.0 Å². The molecule has 120 valence electrons. The van der Waals surface area contributed by atoms with Crippen LogP contribution in [0.25, 0.3) is 0 Å². The Balaban J connectivity index is 1.53. The highest BCUT2D eigenvalue weighted by Crippen LogP contribution is 2.30. The molecule has 0 saturated carbocycles. The van der Waals surface area contributed by atoms with E-state index >= 15 is 0 Å². The lowest BCUT2D eigenvalue weighted by Gasteiger charge is -2.38. The molecule has 3 saturated heterocycles. The summed E-state index contributed by atoms with van der Waals surface area (Å²) in [6, 6.07) is 1.83. The van der Waals surface area contributed by atoms with Gasteiger partial charge in [-0.25, -0.2) is 0 Å². The second-order valence-electron chi connectivity index (χ2n) is 7.15. The van der Waals surface area contributed by atoms with Gasteiger partial charge in [0.15, 0.2) is 0 Å². The third-order valence-corrected chi connectivity index (χ3v) is 5.51. The number of carbonyl (C=O) groups is 1. The van der Waals surface area contributed by atoms with Crippen LogP contribution in [-0.2, 0) is 4.79 Å². The monoisotopic (exact) mass is 293 g/mol. The number of amides is 1. The molecule has 4 nitrogen and oxygen atoms in total. The molecule has 3 rings (SSSR count). The fourth-order valence-electron chi connectivity index (χ4n) is 4.44. The Morgan fingerprint density at radius 3 is 2.48 bits per heavy atom. The Hall–Kier alpha value is -0.610. The van der Waals surface area contributed by atoms with Gasteiger partial charge in [0.25, 0.3) is 0 Å². The van der Waals surface area contributed by atoms with Crippen molar-refractivity contribution in [3.8, 4) is 0 Å². The predicted octanol–water partition coefficient (Wildman–Crippen LogP) is 1.99. The van der Waals surface area contributed by atoms with Gasteiger partial charge in [-0.05, 0) is 58.0 Å². The van der Waals surface area contributed by atoms with Crippen molar-refractivity contribution < 1.29 is 4.79 Å². The molecule has 0 aliphatic carbocycles. The summed E-state index contributed by atoms with van der Waals surface area (Å²) in [5.74, 6) is 0.398. The van der Waals surface area contributed by atoms with Crippen LogP contribution in [0.4, 0.5) is 0 Å². The molecule has 3 fully saturated rings. The largest absolute Gasteiger partial charge is 0.340 e. The molecule has 1 N–H and O–H groups in total. The standard InChI is InChI=1S/C17H31N3O/c1-2-8-20(16-12-14-5-6-15(13-16)18-14)17(21)7-11-19-9-3-4-10-19/h14-16,18H,2-13H2,1H3.